The fourth-order valence-electron chi connectivity index (χ4n) is 3.10. The van der Waals surface area contributed by atoms with Crippen molar-refractivity contribution in [2.24, 2.45) is 0 Å². The Kier molecular flexibility index (Phi) is 5.47. The number of benzene rings is 3. The monoisotopic (exact) mass is 386 g/mol. The minimum Gasteiger partial charge on any atom is -0.457 e. The van der Waals surface area contributed by atoms with E-state index in [1.54, 1.807) is 42.6 Å². The van der Waals surface area contributed by atoms with Crippen LogP contribution in [0.4, 0.5) is 4.39 Å². The van der Waals surface area contributed by atoms with Crippen molar-refractivity contribution >= 4 is 16.8 Å². The van der Waals surface area contributed by atoms with Crippen LogP contribution in [0, 0.1) is 5.82 Å². The summed E-state index contributed by atoms with van der Waals surface area (Å²) in [6.45, 7) is 0.419. The first kappa shape index (κ1) is 18.6. The van der Waals surface area contributed by atoms with Gasteiger partial charge in [0.25, 0.3) is 5.91 Å². The van der Waals surface area contributed by atoms with Crippen molar-refractivity contribution in [3.63, 3.8) is 0 Å². The Morgan fingerprint density at radius 1 is 0.966 bits per heavy atom. The van der Waals surface area contributed by atoms with E-state index in [0.29, 0.717) is 30.0 Å². The summed E-state index contributed by atoms with van der Waals surface area (Å²) in [7, 11) is 0. The molecule has 4 aromatic rings. The number of para-hydroxylation sites is 1. The van der Waals surface area contributed by atoms with Gasteiger partial charge in [-0.05, 0) is 60.5 Å². The number of ether oxygens (including phenoxy) is 1. The Morgan fingerprint density at radius 3 is 2.72 bits per heavy atom. The zero-order valence-electron chi connectivity index (χ0n) is 15.6. The predicted molar refractivity (Wildman–Crippen MR) is 111 cm³/mol. The maximum absolute atomic E-state index is 13.2. The van der Waals surface area contributed by atoms with Crippen molar-refractivity contribution < 1.29 is 13.9 Å². The fourth-order valence-corrected chi connectivity index (χ4v) is 3.10. The number of halogens is 1. The highest BCUT2D eigenvalue weighted by atomic mass is 19.1. The second kappa shape index (κ2) is 8.52. The summed E-state index contributed by atoms with van der Waals surface area (Å²) in [5, 5.41) is 3.76. The molecule has 5 heteroatoms. The highest BCUT2D eigenvalue weighted by Gasteiger charge is 2.09. The minimum absolute atomic E-state index is 0.202. The lowest BCUT2D eigenvalue weighted by atomic mass is 10.1. The van der Waals surface area contributed by atoms with E-state index < -0.39 is 0 Å². The first-order valence-corrected chi connectivity index (χ1v) is 9.33. The van der Waals surface area contributed by atoms with Gasteiger partial charge >= 0.3 is 0 Å². The van der Waals surface area contributed by atoms with E-state index in [2.05, 4.69) is 10.3 Å². The quantitative estimate of drug-likeness (QED) is 0.499. The largest absolute Gasteiger partial charge is 0.457 e. The predicted octanol–water partition coefficient (Wildman–Crippen LogP) is 5.14. The number of nitrogens with one attached hydrogen (secondary N) is 1. The number of pyridine rings is 1. The number of fused-ring (bicyclic) bond motifs is 1. The lowest BCUT2D eigenvalue weighted by Gasteiger charge is -2.10. The number of hydrogen-bond donors (Lipinski definition) is 1. The molecule has 3 aromatic carbocycles. The van der Waals surface area contributed by atoms with Gasteiger partial charge in [0, 0.05) is 23.7 Å². The van der Waals surface area contributed by atoms with Crippen LogP contribution in [-0.4, -0.2) is 17.4 Å². The van der Waals surface area contributed by atoms with Gasteiger partial charge in [0.05, 0.1) is 5.52 Å². The minimum atomic E-state index is -0.276. The summed E-state index contributed by atoms with van der Waals surface area (Å²) >= 11 is 0. The van der Waals surface area contributed by atoms with E-state index >= 15 is 0 Å². The second-order valence-electron chi connectivity index (χ2n) is 6.59. The zero-order chi connectivity index (χ0) is 20.1. The number of amides is 1. The number of rotatable bonds is 6. The van der Waals surface area contributed by atoms with Gasteiger partial charge in [0.1, 0.15) is 17.3 Å². The Bertz CT molecular complexity index is 1150. The van der Waals surface area contributed by atoms with Crippen molar-refractivity contribution in [2.45, 2.75) is 6.42 Å². The number of carbonyl (C=O) groups excluding carboxylic acids is 1. The Morgan fingerprint density at radius 2 is 1.83 bits per heavy atom. The third kappa shape index (κ3) is 4.58. The van der Waals surface area contributed by atoms with Crippen molar-refractivity contribution in [1.29, 1.82) is 0 Å². The molecule has 0 unspecified atom stereocenters. The average molecular weight is 386 g/mol. The van der Waals surface area contributed by atoms with E-state index in [1.165, 1.54) is 12.1 Å². The van der Waals surface area contributed by atoms with Gasteiger partial charge in [-0.25, -0.2) is 4.39 Å². The Balaban J connectivity index is 1.43. The van der Waals surface area contributed by atoms with Crippen LogP contribution >= 0.6 is 0 Å². The SMILES string of the molecule is O=C(NCCc1cccc(F)c1)c1cccc(Oc2ccnc3ccccc23)c1. The Hall–Kier alpha value is -3.73. The van der Waals surface area contributed by atoms with Crippen LogP contribution in [0.2, 0.25) is 0 Å². The van der Waals surface area contributed by atoms with E-state index in [4.69, 9.17) is 4.74 Å². The molecular formula is C24H19FN2O2. The summed E-state index contributed by atoms with van der Waals surface area (Å²) in [6.07, 6.45) is 2.25. The van der Waals surface area contributed by atoms with Gasteiger partial charge < -0.3 is 10.1 Å². The molecule has 4 nitrogen and oxygen atoms in total. The van der Waals surface area contributed by atoms with Crippen LogP contribution in [0.5, 0.6) is 11.5 Å². The fraction of sp³-hybridized carbons (Fsp3) is 0.0833. The molecule has 0 saturated carbocycles. The van der Waals surface area contributed by atoms with E-state index in [9.17, 15) is 9.18 Å². The van der Waals surface area contributed by atoms with Gasteiger partial charge in [0.15, 0.2) is 0 Å². The normalized spacial score (nSPS) is 10.7. The number of hydrogen-bond acceptors (Lipinski definition) is 3. The molecule has 1 N–H and O–H groups in total. The molecule has 0 spiro atoms. The van der Waals surface area contributed by atoms with Crippen molar-refractivity contribution in [1.82, 2.24) is 10.3 Å². The molecule has 1 amide bonds. The lowest BCUT2D eigenvalue weighted by Crippen LogP contribution is -2.25. The van der Waals surface area contributed by atoms with Crippen molar-refractivity contribution in [3.05, 3.63) is 102 Å². The summed E-state index contributed by atoms with van der Waals surface area (Å²) in [5.41, 5.74) is 2.18. The maximum Gasteiger partial charge on any atom is 0.251 e. The molecule has 0 aliphatic rings. The molecule has 0 atom stereocenters. The summed E-state index contributed by atoms with van der Waals surface area (Å²) in [5.74, 6) is 0.771. The third-order valence-electron chi connectivity index (χ3n) is 4.52. The molecule has 1 aromatic heterocycles. The first-order chi connectivity index (χ1) is 14.2. The summed E-state index contributed by atoms with van der Waals surface area (Å²) in [6, 6.07) is 22.9. The first-order valence-electron chi connectivity index (χ1n) is 9.33. The van der Waals surface area contributed by atoms with Crippen LogP contribution in [0.25, 0.3) is 10.9 Å². The maximum atomic E-state index is 13.2. The molecule has 0 bridgehead atoms. The molecule has 0 fully saturated rings. The van der Waals surface area contributed by atoms with Crippen LogP contribution in [0.1, 0.15) is 15.9 Å². The summed E-state index contributed by atoms with van der Waals surface area (Å²) < 4.78 is 19.2. The average Bonchev–Trinajstić information content (AvgIpc) is 2.74. The smallest absolute Gasteiger partial charge is 0.251 e. The summed E-state index contributed by atoms with van der Waals surface area (Å²) in [4.78, 5) is 16.8. The van der Waals surface area contributed by atoms with Crippen LogP contribution in [0.3, 0.4) is 0 Å². The molecule has 1 heterocycles. The molecule has 0 saturated heterocycles. The lowest BCUT2D eigenvalue weighted by molar-refractivity contribution is 0.0954. The second-order valence-corrected chi connectivity index (χ2v) is 6.59. The van der Waals surface area contributed by atoms with Crippen molar-refractivity contribution in [3.8, 4) is 11.5 Å². The van der Waals surface area contributed by atoms with Gasteiger partial charge in [-0.1, -0.05) is 30.3 Å². The van der Waals surface area contributed by atoms with E-state index in [1.807, 2.05) is 30.3 Å². The molecule has 29 heavy (non-hydrogen) atoms. The topological polar surface area (TPSA) is 51.2 Å². The zero-order valence-corrected chi connectivity index (χ0v) is 15.6. The van der Waals surface area contributed by atoms with E-state index in [0.717, 1.165) is 16.5 Å². The Labute approximate surface area is 168 Å². The molecule has 0 aliphatic carbocycles. The van der Waals surface area contributed by atoms with Crippen LogP contribution in [-0.2, 0) is 6.42 Å². The van der Waals surface area contributed by atoms with Crippen molar-refractivity contribution in [2.75, 3.05) is 6.54 Å². The highest BCUT2D eigenvalue weighted by molar-refractivity contribution is 5.94. The van der Waals surface area contributed by atoms with Gasteiger partial charge in [-0.2, -0.15) is 0 Å². The highest BCUT2D eigenvalue weighted by Crippen LogP contribution is 2.28. The standard InChI is InChI=1S/C24H19FN2O2/c25-19-7-3-5-17(15-19)11-13-27-24(28)18-6-4-8-20(16-18)29-23-12-14-26-22-10-2-1-9-21(22)23/h1-10,12,14-16H,11,13H2,(H,27,28). The number of aromatic nitrogens is 1. The van der Waals surface area contributed by atoms with Gasteiger partial charge in [0.2, 0.25) is 0 Å². The van der Waals surface area contributed by atoms with E-state index in [-0.39, 0.29) is 11.7 Å². The molecule has 144 valence electrons. The van der Waals surface area contributed by atoms with Gasteiger partial charge in [-0.15, -0.1) is 0 Å². The van der Waals surface area contributed by atoms with Gasteiger partial charge in [-0.3, -0.25) is 9.78 Å². The van der Waals surface area contributed by atoms with Crippen LogP contribution < -0.4 is 10.1 Å². The molecule has 0 radical (unpaired) electrons. The third-order valence-corrected chi connectivity index (χ3v) is 4.52. The molecule has 0 aliphatic heterocycles. The number of nitrogens with zero attached hydrogens (tertiary/aromatic N) is 1. The molecule has 4 rings (SSSR count). The van der Waals surface area contributed by atoms with Crippen LogP contribution in [0.15, 0.2) is 85.1 Å². The molecular weight excluding hydrogens is 367 g/mol. The number of carbonyl (C=O) groups is 1.